The fourth-order valence-electron chi connectivity index (χ4n) is 2.48. The standard InChI is InChI=1S/C19H13F6N3O/c20-18(21,22)14-5-1-3-12(9-14)11-27-16-7-8-26-17(28-16)13-4-2-6-15(10-13)29-19(23,24)25/h1-10H,11H2,(H,26,27,28). The SMILES string of the molecule is FC(F)(F)Oc1cccc(-c2nccc(NCc3cccc(C(F)(F)F)c3)n2)c1. The normalized spacial score (nSPS) is 11.9. The van der Waals surface area contributed by atoms with Gasteiger partial charge in [-0.1, -0.05) is 24.3 Å². The molecule has 2 aromatic carbocycles. The van der Waals surface area contributed by atoms with Crippen molar-refractivity contribution in [3.8, 4) is 17.1 Å². The summed E-state index contributed by atoms with van der Waals surface area (Å²) < 4.78 is 79.3. The van der Waals surface area contributed by atoms with Gasteiger partial charge in [-0.15, -0.1) is 13.2 Å². The quantitative estimate of drug-likeness (QED) is 0.548. The van der Waals surface area contributed by atoms with Crippen molar-refractivity contribution in [2.45, 2.75) is 19.1 Å². The average Bonchev–Trinajstić information content (AvgIpc) is 2.65. The molecule has 0 aliphatic heterocycles. The molecule has 1 N–H and O–H groups in total. The van der Waals surface area contributed by atoms with Crippen molar-refractivity contribution in [2.75, 3.05) is 5.32 Å². The van der Waals surface area contributed by atoms with Crippen molar-refractivity contribution in [1.29, 1.82) is 0 Å². The van der Waals surface area contributed by atoms with Crippen LogP contribution in [0.3, 0.4) is 0 Å². The molecule has 1 aromatic heterocycles. The smallest absolute Gasteiger partial charge is 0.406 e. The number of rotatable bonds is 5. The summed E-state index contributed by atoms with van der Waals surface area (Å²) in [4.78, 5) is 8.20. The van der Waals surface area contributed by atoms with E-state index in [9.17, 15) is 26.3 Å². The Morgan fingerprint density at radius 3 is 2.38 bits per heavy atom. The Kier molecular flexibility index (Phi) is 5.62. The summed E-state index contributed by atoms with van der Waals surface area (Å²) in [6.45, 7) is 0.0671. The number of nitrogens with zero attached hydrogens (tertiary/aromatic N) is 2. The lowest BCUT2D eigenvalue weighted by molar-refractivity contribution is -0.274. The molecule has 0 aliphatic rings. The highest BCUT2D eigenvalue weighted by Gasteiger charge is 2.31. The Hall–Kier alpha value is -3.30. The summed E-state index contributed by atoms with van der Waals surface area (Å²) in [5, 5.41) is 2.87. The molecule has 0 aliphatic carbocycles. The van der Waals surface area contributed by atoms with Crippen molar-refractivity contribution in [1.82, 2.24) is 9.97 Å². The second-order valence-electron chi connectivity index (χ2n) is 5.89. The van der Waals surface area contributed by atoms with E-state index in [1.807, 2.05) is 0 Å². The topological polar surface area (TPSA) is 47.0 Å². The third-order valence-corrected chi connectivity index (χ3v) is 3.71. The molecule has 10 heteroatoms. The number of nitrogens with one attached hydrogen (secondary N) is 1. The van der Waals surface area contributed by atoms with Gasteiger partial charge >= 0.3 is 12.5 Å². The maximum Gasteiger partial charge on any atom is 0.573 e. The van der Waals surface area contributed by atoms with Gasteiger partial charge in [-0.25, -0.2) is 9.97 Å². The molecule has 0 saturated carbocycles. The molecule has 1 heterocycles. The second-order valence-corrected chi connectivity index (χ2v) is 5.89. The van der Waals surface area contributed by atoms with Gasteiger partial charge in [0.1, 0.15) is 11.6 Å². The van der Waals surface area contributed by atoms with Gasteiger partial charge in [-0.2, -0.15) is 13.2 Å². The highest BCUT2D eigenvalue weighted by atomic mass is 19.4. The molecule has 0 amide bonds. The van der Waals surface area contributed by atoms with Crippen LogP contribution in [0.1, 0.15) is 11.1 Å². The Morgan fingerprint density at radius 1 is 0.897 bits per heavy atom. The van der Waals surface area contributed by atoms with Crippen LogP contribution in [0.2, 0.25) is 0 Å². The highest BCUT2D eigenvalue weighted by Crippen LogP contribution is 2.30. The molecule has 0 radical (unpaired) electrons. The van der Waals surface area contributed by atoms with E-state index in [0.29, 0.717) is 11.4 Å². The number of aromatic nitrogens is 2. The van der Waals surface area contributed by atoms with Gasteiger partial charge in [-0.05, 0) is 35.9 Å². The lowest BCUT2D eigenvalue weighted by Crippen LogP contribution is -2.17. The van der Waals surface area contributed by atoms with E-state index in [0.717, 1.165) is 24.3 Å². The largest absolute Gasteiger partial charge is 0.573 e. The van der Waals surface area contributed by atoms with Crippen LogP contribution in [0.4, 0.5) is 32.2 Å². The molecule has 0 bridgehead atoms. The lowest BCUT2D eigenvalue weighted by atomic mass is 10.1. The molecule has 0 atom stereocenters. The fourth-order valence-corrected chi connectivity index (χ4v) is 2.48. The van der Waals surface area contributed by atoms with Crippen molar-refractivity contribution in [3.05, 3.63) is 71.9 Å². The van der Waals surface area contributed by atoms with Crippen molar-refractivity contribution >= 4 is 5.82 Å². The molecule has 152 valence electrons. The first-order valence-electron chi connectivity index (χ1n) is 8.19. The van der Waals surface area contributed by atoms with E-state index in [1.165, 1.54) is 36.5 Å². The first-order chi connectivity index (χ1) is 13.6. The number of anilines is 1. The summed E-state index contributed by atoms with van der Waals surface area (Å²) in [5.41, 5.74) is -0.0864. The third-order valence-electron chi connectivity index (χ3n) is 3.71. The van der Waals surface area contributed by atoms with Gasteiger partial charge in [0.05, 0.1) is 5.56 Å². The van der Waals surface area contributed by atoms with E-state index in [2.05, 4.69) is 20.0 Å². The summed E-state index contributed by atoms with van der Waals surface area (Å²) in [6.07, 6.45) is -7.89. The molecule has 29 heavy (non-hydrogen) atoms. The van der Waals surface area contributed by atoms with Crippen LogP contribution in [0, 0.1) is 0 Å². The van der Waals surface area contributed by atoms with Crippen LogP contribution < -0.4 is 10.1 Å². The minimum atomic E-state index is -4.83. The maximum atomic E-state index is 12.8. The van der Waals surface area contributed by atoms with Crippen LogP contribution in [0.5, 0.6) is 5.75 Å². The first-order valence-corrected chi connectivity index (χ1v) is 8.19. The summed E-state index contributed by atoms with van der Waals surface area (Å²) >= 11 is 0. The second kappa shape index (κ2) is 7.98. The van der Waals surface area contributed by atoms with E-state index >= 15 is 0 Å². The van der Waals surface area contributed by atoms with Crippen LogP contribution >= 0.6 is 0 Å². The van der Waals surface area contributed by atoms with E-state index in [4.69, 9.17) is 0 Å². The molecular formula is C19H13F6N3O. The third kappa shape index (κ3) is 5.84. The molecule has 3 aromatic rings. The zero-order chi connectivity index (χ0) is 21.1. The number of alkyl halides is 6. The summed E-state index contributed by atoms with van der Waals surface area (Å²) in [6, 6.07) is 11.5. The zero-order valence-electron chi connectivity index (χ0n) is 14.6. The van der Waals surface area contributed by atoms with Gasteiger partial charge in [0.2, 0.25) is 0 Å². The Morgan fingerprint density at radius 2 is 1.66 bits per heavy atom. The molecule has 0 unspecified atom stereocenters. The van der Waals surface area contributed by atoms with E-state index in [-0.39, 0.29) is 17.9 Å². The fraction of sp³-hybridized carbons (Fsp3) is 0.158. The number of hydrogen-bond acceptors (Lipinski definition) is 4. The van der Waals surface area contributed by atoms with Crippen molar-refractivity contribution in [3.63, 3.8) is 0 Å². The molecule has 0 saturated heterocycles. The summed E-state index contributed by atoms with van der Waals surface area (Å²) in [7, 11) is 0. The lowest BCUT2D eigenvalue weighted by Gasteiger charge is -2.11. The summed E-state index contributed by atoms with van der Waals surface area (Å²) in [5.74, 6) is 0.0159. The molecule has 3 rings (SSSR count). The Labute approximate surface area is 161 Å². The monoisotopic (exact) mass is 413 g/mol. The van der Waals surface area contributed by atoms with Gasteiger partial charge in [0.15, 0.2) is 5.82 Å². The molecular weight excluding hydrogens is 400 g/mol. The van der Waals surface area contributed by atoms with Crippen molar-refractivity contribution < 1.29 is 31.1 Å². The number of benzene rings is 2. The van der Waals surface area contributed by atoms with Crippen LogP contribution in [-0.2, 0) is 12.7 Å². The highest BCUT2D eigenvalue weighted by molar-refractivity contribution is 5.59. The van der Waals surface area contributed by atoms with Crippen LogP contribution in [0.25, 0.3) is 11.4 Å². The van der Waals surface area contributed by atoms with Crippen LogP contribution in [0.15, 0.2) is 60.8 Å². The molecule has 4 nitrogen and oxygen atoms in total. The predicted molar refractivity (Wildman–Crippen MR) is 92.9 cm³/mol. The van der Waals surface area contributed by atoms with Gasteiger partial charge in [0.25, 0.3) is 0 Å². The van der Waals surface area contributed by atoms with Gasteiger partial charge < -0.3 is 10.1 Å². The minimum Gasteiger partial charge on any atom is -0.406 e. The number of halogens is 6. The number of ether oxygens (including phenoxy) is 1. The number of hydrogen-bond donors (Lipinski definition) is 1. The van der Waals surface area contributed by atoms with E-state index < -0.39 is 23.9 Å². The Balaban J connectivity index is 1.75. The molecule has 0 spiro atoms. The minimum absolute atomic E-state index is 0.0671. The average molecular weight is 413 g/mol. The first kappa shape index (κ1) is 20.4. The van der Waals surface area contributed by atoms with Gasteiger partial charge in [-0.3, -0.25) is 0 Å². The Bertz CT molecular complexity index is 988. The van der Waals surface area contributed by atoms with Crippen LogP contribution in [-0.4, -0.2) is 16.3 Å². The predicted octanol–water partition coefficient (Wildman–Crippen LogP) is 5.67. The van der Waals surface area contributed by atoms with Crippen molar-refractivity contribution in [2.24, 2.45) is 0 Å². The van der Waals surface area contributed by atoms with E-state index in [1.54, 1.807) is 0 Å². The van der Waals surface area contributed by atoms with Gasteiger partial charge in [0, 0.05) is 18.3 Å². The zero-order valence-corrected chi connectivity index (χ0v) is 14.6. The molecule has 0 fully saturated rings. The maximum absolute atomic E-state index is 12.8.